The van der Waals surface area contributed by atoms with Gasteiger partial charge in [-0.25, -0.2) is 8.78 Å². The van der Waals surface area contributed by atoms with E-state index >= 15 is 0 Å². The lowest BCUT2D eigenvalue weighted by Crippen LogP contribution is -2.37. The van der Waals surface area contributed by atoms with E-state index in [4.69, 9.17) is 0 Å². The zero-order valence-electron chi connectivity index (χ0n) is 21.0. The second kappa shape index (κ2) is 10.8. The first-order chi connectivity index (χ1) is 16.1. The first kappa shape index (κ1) is 23.8. The number of hydrogen-bond donors (Lipinski definition) is 0. The van der Waals surface area contributed by atoms with Crippen LogP contribution in [-0.2, 0) is 12.8 Å². The Bertz CT molecular complexity index is 777. The zero-order chi connectivity index (χ0) is 22.8. The summed E-state index contributed by atoms with van der Waals surface area (Å²) in [5.41, 5.74) is 1.75. The van der Waals surface area contributed by atoms with E-state index in [1.807, 2.05) is 6.07 Å². The van der Waals surface area contributed by atoms with Crippen LogP contribution in [0.1, 0.15) is 114 Å². The molecule has 5 unspecified atom stereocenters. The largest absolute Gasteiger partial charge is 0.204 e. The minimum atomic E-state index is -0.672. The van der Waals surface area contributed by atoms with Gasteiger partial charge >= 0.3 is 0 Å². The molecule has 4 aliphatic rings. The predicted molar refractivity (Wildman–Crippen MR) is 133 cm³/mol. The van der Waals surface area contributed by atoms with Crippen molar-refractivity contribution in [3.63, 3.8) is 0 Å². The van der Waals surface area contributed by atoms with Crippen molar-refractivity contribution < 1.29 is 8.78 Å². The maximum Gasteiger partial charge on any atom is 0.162 e. The fourth-order valence-corrected chi connectivity index (χ4v) is 8.66. The Kier molecular flexibility index (Phi) is 7.77. The van der Waals surface area contributed by atoms with E-state index in [-0.39, 0.29) is 0 Å². The number of fused-ring (bicyclic) bond motifs is 2. The molecule has 4 aliphatic carbocycles. The van der Waals surface area contributed by atoms with Crippen LogP contribution < -0.4 is 0 Å². The Labute approximate surface area is 201 Å². The summed E-state index contributed by atoms with van der Waals surface area (Å²) in [4.78, 5) is 0. The van der Waals surface area contributed by atoms with Gasteiger partial charge in [0.25, 0.3) is 0 Å². The Hall–Kier alpha value is -0.920. The minimum absolute atomic E-state index is 0.581. The fourth-order valence-electron chi connectivity index (χ4n) is 8.66. The summed E-state index contributed by atoms with van der Waals surface area (Å²) in [6, 6.07) is 3.20. The number of hydrogen-bond acceptors (Lipinski definition) is 0. The van der Waals surface area contributed by atoms with Gasteiger partial charge in [-0.15, -0.1) is 0 Å². The van der Waals surface area contributed by atoms with Gasteiger partial charge in [0.15, 0.2) is 11.6 Å². The van der Waals surface area contributed by atoms with Crippen LogP contribution in [-0.4, -0.2) is 0 Å². The average Bonchev–Trinajstić information content (AvgIpc) is 2.86. The molecule has 3 fully saturated rings. The molecule has 0 nitrogen and oxygen atoms in total. The van der Waals surface area contributed by atoms with E-state index < -0.39 is 11.6 Å². The summed E-state index contributed by atoms with van der Waals surface area (Å²) in [5, 5.41) is 0. The van der Waals surface area contributed by atoms with E-state index in [0.717, 1.165) is 60.3 Å². The molecule has 33 heavy (non-hydrogen) atoms. The molecule has 0 heterocycles. The molecule has 0 saturated heterocycles. The highest BCUT2D eigenvalue weighted by Gasteiger charge is 2.41. The number of benzene rings is 1. The first-order valence-corrected chi connectivity index (χ1v) is 14.6. The molecule has 0 amide bonds. The van der Waals surface area contributed by atoms with Gasteiger partial charge in [0.1, 0.15) is 0 Å². The van der Waals surface area contributed by atoms with E-state index in [1.165, 1.54) is 96.0 Å². The molecule has 0 aromatic heterocycles. The summed E-state index contributed by atoms with van der Waals surface area (Å²) in [5.74, 6) is 5.23. The SMILES string of the molecule is CCCCCC1CCC(C2CCC3CC(C4CCc5c(ccc(F)c5F)C4)CCC3C2)CC1. The maximum atomic E-state index is 14.2. The Morgan fingerprint density at radius 2 is 1.30 bits per heavy atom. The molecule has 0 aliphatic heterocycles. The summed E-state index contributed by atoms with van der Waals surface area (Å²) in [7, 11) is 0. The molecule has 0 radical (unpaired) electrons. The van der Waals surface area contributed by atoms with Crippen LogP contribution >= 0.6 is 0 Å². The summed E-state index contributed by atoms with van der Waals surface area (Å²) >= 11 is 0. The molecule has 0 spiro atoms. The molecule has 1 aromatic carbocycles. The van der Waals surface area contributed by atoms with Gasteiger partial charge in [0.05, 0.1) is 0 Å². The van der Waals surface area contributed by atoms with Crippen LogP contribution in [0.2, 0.25) is 0 Å². The van der Waals surface area contributed by atoms with Crippen LogP contribution in [0.4, 0.5) is 8.78 Å². The smallest absolute Gasteiger partial charge is 0.162 e. The van der Waals surface area contributed by atoms with Gasteiger partial charge in [0, 0.05) is 0 Å². The van der Waals surface area contributed by atoms with E-state index in [0.29, 0.717) is 11.5 Å². The van der Waals surface area contributed by atoms with Crippen LogP contribution in [0, 0.1) is 53.1 Å². The molecule has 5 atom stereocenters. The van der Waals surface area contributed by atoms with Crippen molar-refractivity contribution in [3.8, 4) is 0 Å². The van der Waals surface area contributed by atoms with Gasteiger partial charge in [-0.05, 0) is 129 Å². The quantitative estimate of drug-likeness (QED) is 0.374. The van der Waals surface area contributed by atoms with Crippen LogP contribution in [0.5, 0.6) is 0 Å². The average molecular weight is 457 g/mol. The standard InChI is InChI=1S/C31H46F2/c1-2-3-4-5-21-6-8-22(9-7-21)23-10-11-25-19-26(13-12-24(25)18-23)27-14-16-29-28(20-27)15-17-30(32)31(29)33/h15,17,21-27H,2-14,16,18-20H2,1H3. The second-order valence-corrected chi connectivity index (χ2v) is 12.4. The Morgan fingerprint density at radius 3 is 1.97 bits per heavy atom. The highest BCUT2D eigenvalue weighted by Crippen LogP contribution is 2.51. The molecular weight excluding hydrogens is 410 g/mol. The Balaban J connectivity index is 1.10. The molecule has 0 bridgehead atoms. The van der Waals surface area contributed by atoms with Crippen molar-refractivity contribution in [3.05, 3.63) is 34.9 Å². The van der Waals surface area contributed by atoms with E-state index in [1.54, 1.807) is 0 Å². The van der Waals surface area contributed by atoms with Crippen molar-refractivity contribution in [1.82, 2.24) is 0 Å². The number of unbranched alkanes of at least 4 members (excludes halogenated alkanes) is 2. The van der Waals surface area contributed by atoms with E-state index in [9.17, 15) is 8.78 Å². The van der Waals surface area contributed by atoms with Crippen LogP contribution in [0.25, 0.3) is 0 Å². The minimum Gasteiger partial charge on any atom is -0.204 e. The van der Waals surface area contributed by atoms with Crippen molar-refractivity contribution >= 4 is 0 Å². The van der Waals surface area contributed by atoms with Gasteiger partial charge in [-0.3, -0.25) is 0 Å². The Morgan fingerprint density at radius 1 is 0.697 bits per heavy atom. The molecule has 5 rings (SSSR count). The molecular formula is C31H46F2. The summed E-state index contributed by atoms with van der Waals surface area (Å²) in [6.07, 6.45) is 23.2. The van der Waals surface area contributed by atoms with Crippen molar-refractivity contribution in [2.24, 2.45) is 41.4 Å². The van der Waals surface area contributed by atoms with Crippen LogP contribution in [0.15, 0.2) is 12.1 Å². The predicted octanol–water partition coefficient (Wildman–Crippen LogP) is 9.29. The highest BCUT2D eigenvalue weighted by molar-refractivity contribution is 5.32. The van der Waals surface area contributed by atoms with Crippen molar-refractivity contribution in [2.75, 3.05) is 0 Å². The third-order valence-corrected chi connectivity index (χ3v) is 10.7. The van der Waals surface area contributed by atoms with Gasteiger partial charge in [0.2, 0.25) is 0 Å². The molecule has 2 heteroatoms. The normalized spacial score (nSPS) is 36.8. The van der Waals surface area contributed by atoms with Gasteiger partial charge < -0.3 is 0 Å². The molecule has 3 saturated carbocycles. The monoisotopic (exact) mass is 456 g/mol. The van der Waals surface area contributed by atoms with Crippen molar-refractivity contribution in [2.45, 2.75) is 116 Å². The number of halogens is 2. The highest BCUT2D eigenvalue weighted by atomic mass is 19.2. The van der Waals surface area contributed by atoms with Crippen LogP contribution in [0.3, 0.4) is 0 Å². The molecule has 184 valence electrons. The lowest BCUT2D eigenvalue weighted by atomic mass is 9.58. The molecule has 0 N–H and O–H groups in total. The lowest BCUT2D eigenvalue weighted by molar-refractivity contribution is 0.0438. The first-order valence-electron chi connectivity index (χ1n) is 14.6. The third kappa shape index (κ3) is 5.35. The second-order valence-electron chi connectivity index (χ2n) is 12.4. The van der Waals surface area contributed by atoms with Gasteiger partial charge in [-0.2, -0.15) is 0 Å². The topological polar surface area (TPSA) is 0 Å². The molecule has 1 aromatic rings. The maximum absolute atomic E-state index is 14.2. The van der Waals surface area contributed by atoms with Crippen molar-refractivity contribution in [1.29, 1.82) is 0 Å². The third-order valence-electron chi connectivity index (χ3n) is 10.7. The van der Waals surface area contributed by atoms with E-state index in [2.05, 4.69) is 6.92 Å². The zero-order valence-corrected chi connectivity index (χ0v) is 21.0. The summed E-state index contributed by atoms with van der Waals surface area (Å²) in [6.45, 7) is 2.32. The lowest BCUT2D eigenvalue weighted by Gasteiger charge is -2.47. The van der Waals surface area contributed by atoms with Gasteiger partial charge in [-0.1, -0.05) is 51.5 Å². The number of rotatable bonds is 6. The fraction of sp³-hybridized carbons (Fsp3) is 0.806. The summed E-state index contributed by atoms with van der Waals surface area (Å²) < 4.78 is 27.8.